The maximum Gasteiger partial charge on any atom is 0.235 e. The van der Waals surface area contributed by atoms with E-state index >= 15 is 0 Å². The third kappa shape index (κ3) is 9.08. The lowest BCUT2D eigenvalue weighted by molar-refractivity contribution is -0.118. The first-order valence-electron chi connectivity index (χ1n) is 6.08. The van der Waals surface area contributed by atoms with E-state index in [1.54, 1.807) is 38.1 Å². The number of halogens is 2. The molecule has 0 fully saturated rings. The van der Waals surface area contributed by atoms with Crippen molar-refractivity contribution in [2.45, 2.75) is 25.1 Å². The zero-order valence-electron chi connectivity index (χ0n) is 11.9. The molecule has 0 radical (unpaired) electrons. The lowest BCUT2D eigenvalue weighted by Gasteiger charge is -2.18. The van der Waals surface area contributed by atoms with Gasteiger partial charge in [-0.2, -0.15) is 0 Å². The molecule has 0 aliphatic heterocycles. The minimum atomic E-state index is -3.48. The van der Waals surface area contributed by atoms with E-state index in [0.717, 1.165) is 4.47 Å². The lowest BCUT2D eigenvalue weighted by atomic mass is 10.1. The van der Waals surface area contributed by atoms with E-state index in [0.29, 0.717) is 5.56 Å². The van der Waals surface area contributed by atoms with Gasteiger partial charge in [0.2, 0.25) is 5.91 Å². The summed E-state index contributed by atoms with van der Waals surface area (Å²) in [7, 11) is -3.48. The Morgan fingerprint density at radius 2 is 1.81 bits per heavy atom. The molecule has 1 aromatic carbocycles. The number of hydrogen-bond acceptors (Lipinski definition) is 4. The van der Waals surface area contributed by atoms with Gasteiger partial charge in [0.25, 0.3) is 0 Å². The Morgan fingerprint density at radius 3 is 2.29 bits per heavy atom. The molecule has 8 heteroatoms. The van der Waals surface area contributed by atoms with E-state index in [1.165, 1.54) is 0 Å². The van der Waals surface area contributed by atoms with Gasteiger partial charge in [-0.05, 0) is 31.5 Å². The molecule has 0 atom stereocenters. The first-order chi connectivity index (χ1) is 9.07. The van der Waals surface area contributed by atoms with Gasteiger partial charge in [-0.1, -0.05) is 28.1 Å². The van der Waals surface area contributed by atoms with Crippen LogP contribution in [0.15, 0.2) is 28.7 Å². The summed E-state index contributed by atoms with van der Waals surface area (Å²) in [6.45, 7) is 3.74. The first-order valence-corrected chi connectivity index (χ1v) is 8.69. The van der Waals surface area contributed by atoms with Gasteiger partial charge in [-0.3, -0.25) is 4.79 Å². The molecule has 0 saturated heterocycles. The zero-order valence-corrected chi connectivity index (χ0v) is 15.1. The van der Waals surface area contributed by atoms with E-state index in [9.17, 15) is 13.2 Å². The van der Waals surface area contributed by atoms with Crippen LogP contribution in [0.4, 0.5) is 0 Å². The maximum atomic E-state index is 11.9. The van der Waals surface area contributed by atoms with Gasteiger partial charge in [-0.15, -0.1) is 12.4 Å². The number of sulfone groups is 1. The summed E-state index contributed by atoms with van der Waals surface area (Å²) < 4.78 is 24.7. The fourth-order valence-corrected chi connectivity index (χ4v) is 3.03. The second kappa shape index (κ2) is 8.12. The van der Waals surface area contributed by atoms with Gasteiger partial charge in [-0.25, -0.2) is 8.42 Å². The van der Waals surface area contributed by atoms with Crippen LogP contribution in [0, 0.1) is 0 Å². The molecule has 1 aromatic rings. The van der Waals surface area contributed by atoms with Crippen LogP contribution in [0.1, 0.15) is 19.4 Å². The SMILES string of the molecule is CC(C)(N)CNC(=O)CS(=O)(=O)Cc1ccc(Br)cc1.Cl. The molecular formula is C13H20BrClN2O3S. The van der Waals surface area contributed by atoms with Crippen LogP contribution in [0.2, 0.25) is 0 Å². The summed E-state index contributed by atoms with van der Waals surface area (Å²) in [4.78, 5) is 11.6. The van der Waals surface area contributed by atoms with Gasteiger partial charge in [0, 0.05) is 16.6 Å². The van der Waals surface area contributed by atoms with E-state index in [4.69, 9.17) is 5.73 Å². The van der Waals surface area contributed by atoms with Crippen molar-refractivity contribution in [3.63, 3.8) is 0 Å². The van der Waals surface area contributed by atoms with Crippen molar-refractivity contribution in [2.24, 2.45) is 5.73 Å². The average Bonchev–Trinajstić information content (AvgIpc) is 2.28. The van der Waals surface area contributed by atoms with Gasteiger partial charge >= 0.3 is 0 Å². The van der Waals surface area contributed by atoms with Gasteiger partial charge in [0.05, 0.1) is 5.75 Å². The van der Waals surface area contributed by atoms with Crippen LogP contribution >= 0.6 is 28.3 Å². The number of amides is 1. The highest BCUT2D eigenvalue weighted by atomic mass is 79.9. The van der Waals surface area contributed by atoms with Crippen molar-refractivity contribution in [2.75, 3.05) is 12.3 Å². The summed E-state index contributed by atoms with van der Waals surface area (Å²) in [6, 6.07) is 6.95. The monoisotopic (exact) mass is 398 g/mol. The summed E-state index contributed by atoms with van der Waals surface area (Å²) in [5.41, 5.74) is 5.81. The molecule has 1 rings (SSSR count). The Kier molecular flexibility index (Phi) is 7.88. The van der Waals surface area contributed by atoms with Crippen LogP contribution in [0.3, 0.4) is 0 Å². The highest BCUT2D eigenvalue weighted by molar-refractivity contribution is 9.10. The summed E-state index contributed by atoms with van der Waals surface area (Å²) in [5.74, 6) is -1.21. The fourth-order valence-electron chi connectivity index (χ4n) is 1.46. The van der Waals surface area contributed by atoms with Crippen molar-refractivity contribution in [1.82, 2.24) is 5.32 Å². The number of hydrogen-bond donors (Lipinski definition) is 2. The number of benzene rings is 1. The van der Waals surface area contributed by atoms with Gasteiger partial charge < -0.3 is 11.1 Å². The van der Waals surface area contributed by atoms with Gasteiger partial charge in [0.1, 0.15) is 5.75 Å². The highest BCUT2D eigenvalue weighted by Gasteiger charge is 2.19. The van der Waals surface area contributed by atoms with Crippen molar-refractivity contribution < 1.29 is 13.2 Å². The number of nitrogens with one attached hydrogen (secondary N) is 1. The van der Waals surface area contributed by atoms with Crippen LogP contribution < -0.4 is 11.1 Å². The molecule has 0 aliphatic carbocycles. The summed E-state index contributed by atoms with van der Waals surface area (Å²) >= 11 is 3.28. The average molecular weight is 400 g/mol. The topological polar surface area (TPSA) is 89.3 Å². The lowest BCUT2D eigenvalue weighted by Crippen LogP contribution is -2.46. The Labute approximate surface area is 140 Å². The van der Waals surface area contributed by atoms with Crippen LogP contribution in [-0.4, -0.2) is 32.2 Å². The van der Waals surface area contributed by atoms with E-state index in [1.807, 2.05) is 0 Å². The minimum absolute atomic E-state index is 0. The van der Waals surface area contributed by atoms with Crippen LogP contribution in [0.5, 0.6) is 0 Å². The normalized spacial score (nSPS) is 11.6. The third-order valence-electron chi connectivity index (χ3n) is 2.39. The van der Waals surface area contributed by atoms with Crippen molar-refractivity contribution in [3.05, 3.63) is 34.3 Å². The van der Waals surface area contributed by atoms with Crippen molar-refractivity contribution >= 4 is 44.1 Å². The Balaban J connectivity index is 0.00000400. The molecular weight excluding hydrogens is 380 g/mol. The number of carbonyl (C=O) groups is 1. The van der Waals surface area contributed by atoms with E-state index < -0.39 is 27.0 Å². The first kappa shape index (κ1) is 20.4. The predicted octanol–water partition coefficient (Wildman–Crippen LogP) is 1.64. The number of rotatable bonds is 6. The molecule has 0 aliphatic rings. The number of carbonyl (C=O) groups excluding carboxylic acids is 1. The second-order valence-electron chi connectivity index (χ2n) is 5.42. The molecule has 3 N–H and O–H groups in total. The van der Waals surface area contributed by atoms with Crippen LogP contribution in [-0.2, 0) is 20.4 Å². The molecule has 0 saturated carbocycles. The van der Waals surface area contributed by atoms with Crippen molar-refractivity contribution in [3.8, 4) is 0 Å². The standard InChI is InChI=1S/C13H19BrN2O3S.ClH/c1-13(2,15)9-16-12(17)8-20(18,19)7-10-3-5-11(14)6-4-10;/h3-6H,7-9,15H2,1-2H3,(H,16,17);1H. The predicted molar refractivity (Wildman–Crippen MR) is 90.2 cm³/mol. The van der Waals surface area contributed by atoms with Crippen molar-refractivity contribution in [1.29, 1.82) is 0 Å². The molecule has 1 amide bonds. The summed E-state index contributed by atoms with van der Waals surface area (Å²) in [5, 5.41) is 2.52. The zero-order chi connectivity index (χ0) is 15.4. The van der Waals surface area contributed by atoms with E-state index in [-0.39, 0.29) is 24.7 Å². The number of nitrogens with two attached hydrogens (primary N) is 1. The highest BCUT2D eigenvalue weighted by Crippen LogP contribution is 2.13. The fraction of sp³-hybridized carbons (Fsp3) is 0.462. The quantitative estimate of drug-likeness (QED) is 0.761. The molecule has 5 nitrogen and oxygen atoms in total. The Hall–Kier alpha value is -0.630. The summed E-state index contributed by atoms with van der Waals surface area (Å²) in [6.07, 6.45) is 0. The minimum Gasteiger partial charge on any atom is -0.353 e. The molecule has 0 heterocycles. The largest absolute Gasteiger partial charge is 0.353 e. The molecule has 21 heavy (non-hydrogen) atoms. The Bertz CT molecular complexity index is 568. The van der Waals surface area contributed by atoms with Gasteiger partial charge in [0.15, 0.2) is 9.84 Å². The smallest absolute Gasteiger partial charge is 0.235 e. The third-order valence-corrected chi connectivity index (χ3v) is 4.40. The van der Waals surface area contributed by atoms with E-state index in [2.05, 4.69) is 21.2 Å². The Morgan fingerprint density at radius 1 is 1.29 bits per heavy atom. The molecule has 0 bridgehead atoms. The second-order valence-corrected chi connectivity index (χ2v) is 8.40. The molecule has 120 valence electrons. The molecule has 0 spiro atoms. The molecule has 0 aromatic heterocycles. The maximum absolute atomic E-state index is 11.9. The van der Waals surface area contributed by atoms with Crippen LogP contribution in [0.25, 0.3) is 0 Å². The molecule has 0 unspecified atom stereocenters.